The van der Waals surface area contributed by atoms with E-state index in [9.17, 15) is 9.59 Å². The lowest BCUT2D eigenvalue weighted by Crippen LogP contribution is -2.52. The van der Waals surface area contributed by atoms with Crippen LogP contribution in [-0.4, -0.2) is 92.2 Å². The minimum Gasteiger partial charge on any atom is -0.496 e. The first-order chi connectivity index (χ1) is 19.7. The molecule has 2 unspecified atom stereocenters. The number of piperidine rings is 1. The first-order valence-electron chi connectivity index (χ1n) is 14.0. The molecule has 1 aliphatic rings. The lowest BCUT2D eigenvalue weighted by Gasteiger charge is -2.35. The molecule has 3 heterocycles. The summed E-state index contributed by atoms with van der Waals surface area (Å²) in [4.78, 5) is 30.8. The SMILES string of the molecule is COc1cc(-c2cn(C)c(=O)c3cc(C(=O)NC4CCN(CCCCCO)CC4F)sc23)cc(OC)c1CN(C)C. The molecule has 1 aromatic carbocycles. The first-order valence-corrected chi connectivity index (χ1v) is 14.8. The number of ether oxygens (including phenoxy) is 2. The van der Waals surface area contributed by atoms with E-state index in [0.717, 1.165) is 42.5 Å². The third kappa shape index (κ3) is 7.09. The highest BCUT2D eigenvalue weighted by Gasteiger charge is 2.31. The van der Waals surface area contributed by atoms with Crippen LogP contribution in [0.3, 0.4) is 0 Å². The van der Waals surface area contributed by atoms with Crippen LogP contribution in [0, 0.1) is 0 Å². The van der Waals surface area contributed by atoms with Crippen molar-refractivity contribution in [3.05, 3.63) is 45.2 Å². The molecule has 0 bridgehead atoms. The van der Waals surface area contributed by atoms with E-state index < -0.39 is 12.2 Å². The van der Waals surface area contributed by atoms with E-state index in [0.29, 0.717) is 46.0 Å². The Balaban J connectivity index is 1.60. The van der Waals surface area contributed by atoms with Gasteiger partial charge in [0.05, 0.1) is 36.1 Å². The number of hydrogen-bond acceptors (Lipinski definition) is 8. The van der Waals surface area contributed by atoms with Gasteiger partial charge in [0.2, 0.25) is 0 Å². The molecule has 3 aromatic rings. The zero-order valence-corrected chi connectivity index (χ0v) is 25.4. The largest absolute Gasteiger partial charge is 0.496 e. The number of carbonyl (C=O) groups excluding carboxylic acids is 1. The van der Waals surface area contributed by atoms with Gasteiger partial charge in [-0.15, -0.1) is 11.3 Å². The molecule has 224 valence electrons. The number of unbranched alkanes of at least 4 members (excludes halogenated alkanes) is 2. The van der Waals surface area contributed by atoms with Crippen LogP contribution in [-0.2, 0) is 13.6 Å². The van der Waals surface area contributed by atoms with E-state index >= 15 is 4.39 Å². The Hall–Kier alpha value is -2.99. The lowest BCUT2D eigenvalue weighted by atomic mass is 10.0. The Morgan fingerprint density at radius 2 is 1.88 bits per heavy atom. The van der Waals surface area contributed by atoms with Crippen LogP contribution < -0.4 is 20.3 Å². The number of pyridine rings is 1. The van der Waals surface area contributed by atoms with Crippen molar-refractivity contribution in [2.24, 2.45) is 7.05 Å². The number of amides is 1. The van der Waals surface area contributed by atoms with E-state index in [1.54, 1.807) is 33.5 Å². The summed E-state index contributed by atoms with van der Waals surface area (Å²) in [5.41, 5.74) is 2.27. The quantitative estimate of drug-likeness (QED) is 0.312. The van der Waals surface area contributed by atoms with Crippen molar-refractivity contribution in [2.75, 3.05) is 54.6 Å². The van der Waals surface area contributed by atoms with Crippen molar-refractivity contribution >= 4 is 27.3 Å². The first kappa shape index (κ1) is 31.0. The zero-order valence-electron chi connectivity index (χ0n) is 24.5. The summed E-state index contributed by atoms with van der Waals surface area (Å²) in [6, 6.07) is 4.87. The molecule has 2 N–H and O–H groups in total. The number of hydrogen-bond donors (Lipinski definition) is 2. The molecule has 11 heteroatoms. The second-order valence-electron chi connectivity index (χ2n) is 10.9. The number of benzene rings is 1. The van der Waals surface area contributed by atoms with E-state index in [1.807, 2.05) is 31.1 Å². The highest BCUT2D eigenvalue weighted by Crippen LogP contribution is 2.39. The molecule has 1 saturated heterocycles. The number of carbonyl (C=O) groups is 1. The maximum absolute atomic E-state index is 15.0. The van der Waals surface area contributed by atoms with E-state index in [-0.39, 0.29) is 24.6 Å². The number of rotatable bonds is 12. The van der Waals surface area contributed by atoms with Gasteiger partial charge in [-0.25, -0.2) is 4.39 Å². The van der Waals surface area contributed by atoms with Gasteiger partial charge < -0.3 is 34.3 Å². The fourth-order valence-corrected chi connectivity index (χ4v) is 6.46. The smallest absolute Gasteiger partial charge is 0.261 e. The normalized spacial score (nSPS) is 17.8. The number of aryl methyl sites for hydroxylation is 1. The van der Waals surface area contributed by atoms with Gasteiger partial charge in [0, 0.05) is 49.7 Å². The monoisotopic (exact) mass is 588 g/mol. The molecule has 9 nitrogen and oxygen atoms in total. The third-order valence-electron chi connectivity index (χ3n) is 7.54. The predicted molar refractivity (Wildman–Crippen MR) is 161 cm³/mol. The zero-order chi connectivity index (χ0) is 29.7. The molecule has 0 spiro atoms. The molecular formula is C30H41FN4O5S. The van der Waals surface area contributed by atoms with Gasteiger partial charge in [0.25, 0.3) is 11.5 Å². The van der Waals surface area contributed by atoms with Gasteiger partial charge in [0.15, 0.2) is 0 Å². The van der Waals surface area contributed by atoms with Crippen molar-refractivity contribution < 1.29 is 23.8 Å². The van der Waals surface area contributed by atoms with Crippen LogP contribution in [0.25, 0.3) is 21.2 Å². The van der Waals surface area contributed by atoms with Crippen molar-refractivity contribution in [3.63, 3.8) is 0 Å². The third-order valence-corrected chi connectivity index (χ3v) is 8.71. The average Bonchev–Trinajstić information content (AvgIpc) is 3.40. The Bertz CT molecular complexity index is 1400. The van der Waals surface area contributed by atoms with Gasteiger partial charge in [-0.1, -0.05) is 0 Å². The van der Waals surface area contributed by atoms with Gasteiger partial charge >= 0.3 is 0 Å². The number of nitrogens with one attached hydrogen (secondary N) is 1. The summed E-state index contributed by atoms with van der Waals surface area (Å²) in [6.07, 6.45) is 3.69. The Morgan fingerprint density at radius 3 is 2.49 bits per heavy atom. The molecule has 4 rings (SSSR count). The average molecular weight is 589 g/mol. The van der Waals surface area contributed by atoms with Crippen LogP contribution in [0.4, 0.5) is 4.39 Å². The fourth-order valence-electron chi connectivity index (χ4n) is 5.38. The minimum absolute atomic E-state index is 0.177. The molecule has 41 heavy (non-hydrogen) atoms. The van der Waals surface area contributed by atoms with Gasteiger partial charge in [-0.05, 0) is 70.1 Å². The van der Waals surface area contributed by atoms with Gasteiger partial charge in [0.1, 0.15) is 17.7 Å². The number of aliphatic hydroxyl groups excluding tert-OH is 1. The highest BCUT2D eigenvalue weighted by molar-refractivity contribution is 7.21. The van der Waals surface area contributed by atoms with Crippen LogP contribution >= 0.6 is 11.3 Å². The number of nitrogens with zero attached hydrogens (tertiary/aromatic N) is 3. The summed E-state index contributed by atoms with van der Waals surface area (Å²) in [5, 5.41) is 12.3. The van der Waals surface area contributed by atoms with E-state index in [4.69, 9.17) is 14.6 Å². The summed E-state index contributed by atoms with van der Waals surface area (Å²) in [5.74, 6) is 0.955. The number of aromatic nitrogens is 1. The summed E-state index contributed by atoms with van der Waals surface area (Å²) in [6.45, 7) is 2.56. The van der Waals surface area contributed by atoms with Crippen LogP contribution in [0.15, 0.2) is 29.2 Å². The van der Waals surface area contributed by atoms with Gasteiger partial charge in [-0.3, -0.25) is 9.59 Å². The predicted octanol–water partition coefficient (Wildman–Crippen LogP) is 3.65. The molecule has 1 amide bonds. The Labute approximate surface area is 244 Å². The molecule has 1 aliphatic heterocycles. The molecule has 0 aliphatic carbocycles. The fraction of sp³-hybridized carbons (Fsp3) is 0.533. The van der Waals surface area contributed by atoms with Crippen LogP contribution in [0.1, 0.15) is 40.9 Å². The number of aliphatic hydroxyl groups is 1. The van der Waals surface area contributed by atoms with Crippen molar-refractivity contribution in [1.82, 2.24) is 19.7 Å². The number of alkyl halides is 1. The molecule has 2 atom stereocenters. The lowest BCUT2D eigenvalue weighted by molar-refractivity contribution is 0.0777. The number of fused-ring (bicyclic) bond motifs is 1. The maximum atomic E-state index is 15.0. The standard InChI is InChI=1S/C30H41FN4O5S/c1-33(2)16-22-25(39-4)13-19(14-26(22)40-5)21-17-34(3)30(38)20-15-27(41-28(20)21)29(37)32-24-9-11-35(18-23(24)31)10-7-6-8-12-36/h13-15,17,23-24,36H,6-12,16,18H2,1-5H3,(H,32,37). The molecular weight excluding hydrogens is 547 g/mol. The minimum atomic E-state index is -1.18. The van der Waals surface area contributed by atoms with Crippen LogP contribution in [0.2, 0.25) is 0 Å². The number of methoxy groups -OCH3 is 2. The molecule has 1 fully saturated rings. The topological polar surface area (TPSA) is 96.3 Å². The Kier molecular flexibility index (Phi) is 10.4. The van der Waals surface area contributed by atoms with E-state index in [2.05, 4.69) is 10.2 Å². The molecule has 0 radical (unpaired) electrons. The summed E-state index contributed by atoms with van der Waals surface area (Å²) < 4.78 is 28.6. The number of likely N-dealkylation sites (tertiary alicyclic amines) is 1. The van der Waals surface area contributed by atoms with Gasteiger partial charge in [-0.2, -0.15) is 0 Å². The van der Waals surface area contributed by atoms with Crippen molar-refractivity contribution in [3.8, 4) is 22.6 Å². The highest BCUT2D eigenvalue weighted by atomic mass is 32.1. The Morgan fingerprint density at radius 1 is 1.17 bits per heavy atom. The van der Waals surface area contributed by atoms with Crippen LogP contribution in [0.5, 0.6) is 11.5 Å². The second-order valence-corrected chi connectivity index (χ2v) is 11.9. The number of thiophene rings is 1. The van der Waals surface area contributed by atoms with Crippen molar-refractivity contribution in [2.45, 2.75) is 44.4 Å². The molecule has 0 saturated carbocycles. The summed E-state index contributed by atoms with van der Waals surface area (Å²) in [7, 11) is 8.85. The second kappa shape index (κ2) is 13.8. The number of halogens is 1. The maximum Gasteiger partial charge on any atom is 0.261 e. The van der Waals surface area contributed by atoms with Crippen molar-refractivity contribution in [1.29, 1.82) is 0 Å². The summed E-state index contributed by atoms with van der Waals surface area (Å²) >= 11 is 1.23. The molecule has 2 aromatic heterocycles. The van der Waals surface area contributed by atoms with E-state index in [1.165, 1.54) is 15.9 Å².